The molecule has 2 aromatic carbocycles. The predicted molar refractivity (Wildman–Crippen MR) is 202 cm³/mol. The van der Waals surface area contributed by atoms with Gasteiger partial charge >= 0.3 is 5.97 Å². The molecule has 4 aromatic rings. The van der Waals surface area contributed by atoms with Gasteiger partial charge in [-0.1, -0.05) is 43.9 Å². The van der Waals surface area contributed by atoms with Crippen molar-refractivity contribution in [2.75, 3.05) is 39.2 Å². The first kappa shape index (κ1) is 37.9. The number of benzene rings is 2. The Morgan fingerprint density at radius 1 is 1.02 bits per heavy atom. The summed E-state index contributed by atoms with van der Waals surface area (Å²) in [5.74, 6) is -0.490. The van der Waals surface area contributed by atoms with Gasteiger partial charge in [0.25, 0.3) is 5.91 Å². The van der Waals surface area contributed by atoms with Gasteiger partial charge in [0.15, 0.2) is 12.0 Å². The number of esters is 1. The van der Waals surface area contributed by atoms with Gasteiger partial charge in [0.1, 0.15) is 11.4 Å². The lowest BCUT2D eigenvalue weighted by Gasteiger charge is -2.20. The molecule has 2 aliphatic rings. The summed E-state index contributed by atoms with van der Waals surface area (Å²) >= 11 is 1.58. The number of likely N-dealkylation sites (tertiary alicyclic amines) is 1. The average molecular weight is 695 g/mol. The number of methoxy groups -OCH3 is 1. The van der Waals surface area contributed by atoms with Crippen LogP contribution >= 0.6 is 11.3 Å². The highest BCUT2D eigenvalue weighted by Crippen LogP contribution is 2.43. The molecule has 0 spiro atoms. The number of anilines is 1. The lowest BCUT2D eigenvalue weighted by atomic mass is 9.93. The fourth-order valence-electron chi connectivity index (χ4n) is 5.94. The van der Waals surface area contributed by atoms with Crippen LogP contribution in [0.3, 0.4) is 0 Å². The zero-order chi connectivity index (χ0) is 36.2. The first-order valence-corrected chi connectivity index (χ1v) is 17.5. The number of amides is 1. The number of hydrogen-bond donors (Lipinski definition) is 2. The molecule has 50 heavy (non-hydrogen) atoms. The maximum absolute atomic E-state index is 14.0. The summed E-state index contributed by atoms with van der Waals surface area (Å²) in [5.41, 5.74) is 12.3. The van der Waals surface area contributed by atoms with Crippen LogP contribution in [0, 0.1) is 13.8 Å². The van der Waals surface area contributed by atoms with Crippen molar-refractivity contribution in [2.24, 2.45) is 5.73 Å². The molecule has 0 saturated carbocycles. The first-order valence-electron chi connectivity index (χ1n) is 16.6. The lowest BCUT2D eigenvalue weighted by Crippen LogP contribution is -2.24. The molecule has 0 bridgehead atoms. The van der Waals surface area contributed by atoms with E-state index < -0.39 is 5.97 Å². The second-order valence-corrected chi connectivity index (χ2v) is 13.0. The number of carbonyl (C=O) groups is 3. The number of thiophene rings is 1. The Hall–Kier alpha value is -4.90. The number of pyridine rings is 1. The molecule has 1 saturated heterocycles. The topological polar surface area (TPSA) is 124 Å². The first-order chi connectivity index (χ1) is 24.1. The number of nitrogens with two attached hydrogens (primary N) is 1. The average Bonchev–Trinajstić information content (AvgIpc) is 3.54. The normalized spacial score (nSPS) is 13.3. The number of allylic oxidation sites excluding steroid dienone is 2. The van der Waals surface area contributed by atoms with Gasteiger partial charge in [0.05, 0.1) is 13.7 Å². The maximum Gasteiger partial charge on any atom is 0.357 e. The molecule has 10 heteroatoms. The third-order valence-electron chi connectivity index (χ3n) is 8.50. The molecule has 1 amide bonds. The summed E-state index contributed by atoms with van der Waals surface area (Å²) in [7, 11) is 3.43. The fourth-order valence-corrected chi connectivity index (χ4v) is 6.91. The lowest BCUT2D eigenvalue weighted by molar-refractivity contribution is 0.0594. The monoisotopic (exact) mass is 694 g/mol. The Balaban J connectivity index is 0.000000439. The third-order valence-corrected chi connectivity index (χ3v) is 9.49. The van der Waals surface area contributed by atoms with Gasteiger partial charge < -0.3 is 25.4 Å². The van der Waals surface area contributed by atoms with Gasteiger partial charge in [0.2, 0.25) is 0 Å². The van der Waals surface area contributed by atoms with Crippen LogP contribution in [0.25, 0.3) is 21.6 Å². The summed E-state index contributed by atoms with van der Waals surface area (Å²) in [5, 5.41) is 5.10. The minimum atomic E-state index is -0.722. The van der Waals surface area contributed by atoms with Crippen LogP contribution in [0.2, 0.25) is 0 Å². The summed E-state index contributed by atoms with van der Waals surface area (Å²) < 4.78 is 11.1. The Labute approximate surface area is 298 Å². The number of piperidine rings is 1. The standard InChI is InChI=1S/C30H27N3O5S.C6H13N.C4H6/c1-16-10-18(14-31)11-17(2)26(16)33-29(35)23-12-24-25(38-8-6-19-7-9-39-28(19)24)13-22(23)21-5-4-20(15-34)32-27(21)30(36)37-3;1-7-5-3-2-4-6-7;1-3-4-2/h4-5,7,9-13,15H,6,8,14,31H2,1-3H3,(H,33,35);2-6H2,1H3;3-4H,1-2H2. The van der Waals surface area contributed by atoms with E-state index in [1.165, 1.54) is 45.5 Å². The Kier molecular flexibility index (Phi) is 13.8. The van der Waals surface area contributed by atoms with Gasteiger partial charge in [-0.3, -0.25) is 9.59 Å². The van der Waals surface area contributed by atoms with E-state index in [1.54, 1.807) is 41.7 Å². The molecule has 6 rings (SSSR count). The highest BCUT2D eigenvalue weighted by Gasteiger charge is 2.26. The van der Waals surface area contributed by atoms with E-state index in [0.717, 1.165) is 39.1 Å². The van der Waals surface area contributed by atoms with Crippen molar-refractivity contribution >= 4 is 35.2 Å². The van der Waals surface area contributed by atoms with Crippen molar-refractivity contribution in [3.05, 3.63) is 112 Å². The van der Waals surface area contributed by atoms with Crippen molar-refractivity contribution < 1.29 is 23.9 Å². The van der Waals surface area contributed by atoms with Gasteiger partial charge in [-0.25, -0.2) is 9.78 Å². The molecular formula is C40H46N4O5S. The molecule has 2 aromatic heterocycles. The molecular weight excluding hydrogens is 649 g/mol. The maximum atomic E-state index is 14.0. The van der Waals surface area contributed by atoms with Crippen LogP contribution in [0.15, 0.2) is 73.2 Å². The highest BCUT2D eigenvalue weighted by atomic mass is 32.1. The van der Waals surface area contributed by atoms with Crippen LogP contribution in [-0.2, 0) is 17.7 Å². The van der Waals surface area contributed by atoms with E-state index in [-0.39, 0.29) is 17.3 Å². The number of hydrogen-bond acceptors (Lipinski definition) is 9. The van der Waals surface area contributed by atoms with Crippen LogP contribution in [-0.4, -0.2) is 61.9 Å². The molecule has 4 heterocycles. The van der Waals surface area contributed by atoms with E-state index in [0.29, 0.717) is 47.6 Å². The van der Waals surface area contributed by atoms with Crippen LogP contribution < -0.4 is 15.8 Å². The molecule has 0 unspecified atom stereocenters. The van der Waals surface area contributed by atoms with E-state index >= 15 is 0 Å². The van der Waals surface area contributed by atoms with Crippen LogP contribution in [0.4, 0.5) is 5.69 Å². The molecule has 3 N–H and O–H groups in total. The molecule has 262 valence electrons. The fraction of sp³-hybridized carbons (Fsp3) is 0.300. The number of carbonyl (C=O) groups excluding carboxylic acids is 3. The van der Waals surface area contributed by atoms with Crippen molar-refractivity contribution in [2.45, 2.75) is 46.1 Å². The molecule has 1 fully saturated rings. The van der Waals surface area contributed by atoms with Crippen molar-refractivity contribution in [3.63, 3.8) is 0 Å². The zero-order valence-electron chi connectivity index (χ0n) is 29.3. The zero-order valence-corrected chi connectivity index (χ0v) is 30.2. The van der Waals surface area contributed by atoms with Gasteiger partial charge in [0, 0.05) is 45.8 Å². The Morgan fingerprint density at radius 2 is 1.72 bits per heavy atom. The molecule has 0 atom stereocenters. The predicted octanol–water partition coefficient (Wildman–Crippen LogP) is 7.80. The molecule has 2 aliphatic heterocycles. The molecule has 0 radical (unpaired) electrons. The number of rotatable bonds is 7. The van der Waals surface area contributed by atoms with Crippen LogP contribution in [0.5, 0.6) is 5.75 Å². The van der Waals surface area contributed by atoms with Crippen molar-refractivity contribution in [1.82, 2.24) is 9.88 Å². The number of ether oxygens (including phenoxy) is 2. The van der Waals surface area contributed by atoms with Crippen molar-refractivity contribution in [3.8, 4) is 27.3 Å². The number of aryl methyl sites for hydroxylation is 2. The van der Waals surface area contributed by atoms with E-state index in [2.05, 4.69) is 41.5 Å². The van der Waals surface area contributed by atoms with E-state index in [4.69, 9.17) is 15.2 Å². The highest BCUT2D eigenvalue weighted by molar-refractivity contribution is 7.13. The largest absolute Gasteiger partial charge is 0.493 e. The molecule has 0 aliphatic carbocycles. The Morgan fingerprint density at radius 3 is 2.30 bits per heavy atom. The van der Waals surface area contributed by atoms with Crippen molar-refractivity contribution in [1.29, 1.82) is 0 Å². The summed E-state index contributed by atoms with van der Waals surface area (Å²) in [6.07, 6.45) is 8.84. The van der Waals surface area contributed by atoms with Gasteiger partial charge in [-0.15, -0.1) is 11.3 Å². The number of aldehydes is 1. The quantitative estimate of drug-likeness (QED) is 0.114. The minimum Gasteiger partial charge on any atom is -0.493 e. The second kappa shape index (κ2) is 18.2. The number of nitrogens with zero attached hydrogens (tertiary/aromatic N) is 2. The number of fused-ring (bicyclic) bond motifs is 3. The van der Waals surface area contributed by atoms with E-state index in [1.807, 2.05) is 31.4 Å². The summed E-state index contributed by atoms with van der Waals surface area (Å²) in [6.45, 7) is 14.1. The van der Waals surface area contributed by atoms with Gasteiger partial charge in [-0.2, -0.15) is 0 Å². The SMILES string of the molecule is C=CC=C.CN1CCCCC1.COC(=O)c1nc(C=O)ccc1-c1cc2c(cc1C(=O)Nc1c(C)cc(CN)cc1C)-c1sccc1CCO2. The second-order valence-electron chi connectivity index (χ2n) is 12.1. The molecule has 9 nitrogen and oxygen atoms in total. The van der Waals surface area contributed by atoms with E-state index in [9.17, 15) is 14.4 Å². The number of nitrogens with one attached hydrogen (secondary N) is 1. The van der Waals surface area contributed by atoms with Crippen LogP contribution in [0.1, 0.15) is 72.9 Å². The smallest absolute Gasteiger partial charge is 0.357 e. The summed E-state index contributed by atoms with van der Waals surface area (Å²) in [4.78, 5) is 45.8. The third kappa shape index (κ3) is 9.20. The minimum absolute atomic E-state index is 0.0683. The Bertz CT molecular complexity index is 1830. The summed E-state index contributed by atoms with van der Waals surface area (Å²) in [6, 6.07) is 12.6. The number of aromatic nitrogens is 1. The van der Waals surface area contributed by atoms with Gasteiger partial charge in [-0.05, 0) is 105 Å².